The number of hydrogen-bond donors (Lipinski definition) is 1. The van der Waals surface area contributed by atoms with Gasteiger partial charge in [-0.2, -0.15) is 0 Å². The zero-order valence-corrected chi connectivity index (χ0v) is 14.2. The number of halogens is 1. The number of benzene rings is 1. The molecule has 0 atom stereocenters. The fourth-order valence-electron chi connectivity index (χ4n) is 1.80. The maximum absolute atomic E-state index is 11.7. The van der Waals surface area contributed by atoms with E-state index in [9.17, 15) is 4.79 Å². The minimum atomic E-state index is -0.101. The molecule has 116 valence electrons. The predicted octanol–water partition coefficient (Wildman–Crippen LogP) is 4.29. The summed E-state index contributed by atoms with van der Waals surface area (Å²) in [6, 6.07) is 7.34. The van der Waals surface area contributed by atoms with E-state index in [2.05, 4.69) is 29.5 Å². The monoisotopic (exact) mass is 334 g/mol. The molecule has 0 aliphatic heterocycles. The van der Waals surface area contributed by atoms with Crippen LogP contribution in [0.4, 0.5) is 0 Å². The first kappa shape index (κ1) is 16.7. The summed E-state index contributed by atoms with van der Waals surface area (Å²) >= 11 is 7.46. The largest absolute Gasteiger partial charge is 0.352 e. The van der Waals surface area contributed by atoms with Gasteiger partial charge in [0.2, 0.25) is 5.91 Å². The number of hydrogen-bond acceptors (Lipinski definition) is 3. The van der Waals surface area contributed by atoms with Crippen molar-refractivity contribution in [1.82, 2.24) is 10.3 Å². The molecule has 1 amide bonds. The highest BCUT2D eigenvalue weighted by Gasteiger charge is 2.05. The number of nitrogens with zero attached hydrogens (tertiary/aromatic N) is 1. The van der Waals surface area contributed by atoms with Crippen LogP contribution in [-0.2, 0) is 11.2 Å². The SMILES string of the molecule is CC(C)c1csc(CCNC(=O)/C=C/c2ccc(Cl)cc2)n1. The summed E-state index contributed by atoms with van der Waals surface area (Å²) < 4.78 is 0. The summed E-state index contributed by atoms with van der Waals surface area (Å²) in [6.07, 6.45) is 4.06. The van der Waals surface area contributed by atoms with E-state index in [1.54, 1.807) is 29.5 Å². The summed E-state index contributed by atoms with van der Waals surface area (Å²) in [7, 11) is 0. The molecule has 0 saturated heterocycles. The molecule has 0 saturated carbocycles. The smallest absolute Gasteiger partial charge is 0.244 e. The molecule has 0 radical (unpaired) electrons. The number of amides is 1. The maximum Gasteiger partial charge on any atom is 0.244 e. The second-order valence-corrected chi connectivity index (χ2v) is 6.63. The lowest BCUT2D eigenvalue weighted by molar-refractivity contribution is -0.116. The lowest BCUT2D eigenvalue weighted by Crippen LogP contribution is -2.23. The molecular formula is C17H19ClN2OS. The van der Waals surface area contributed by atoms with Gasteiger partial charge in [-0.1, -0.05) is 37.6 Å². The number of rotatable bonds is 6. The van der Waals surface area contributed by atoms with E-state index in [0.29, 0.717) is 17.5 Å². The second-order valence-electron chi connectivity index (χ2n) is 5.25. The number of nitrogens with one attached hydrogen (secondary N) is 1. The first-order valence-corrected chi connectivity index (χ1v) is 8.46. The van der Waals surface area contributed by atoms with E-state index < -0.39 is 0 Å². The quantitative estimate of drug-likeness (QED) is 0.800. The molecule has 0 aliphatic carbocycles. The molecule has 0 bridgehead atoms. The van der Waals surface area contributed by atoms with Crippen molar-refractivity contribution in [3.63, 3.8) is 0 Å². The lowest BCUT2D eigenvalue weighted by atomic mass is 10.2. The molecule has 5 heteroatoms. The molecule has 1 N–H and O–H groups in total. The maximum atomic E-state index is 11.7. The summed E-state index contributed by atoms with van der Waals surface area (Å²) in [5.74, 6) is 0.345. The molecule has 3 nitrogen and oxygen atoms in total. The Morgan fingerprint density at radius 3 is 2.73 bits per heavy atom. The van der Waals surface area contributed by atoms with Gasteiger partial charge >= 0.3 is 0 Å². The summed E-state index contributed by atoms with van der Waals surface area (Å²) in [6.45, 7) is 4.85. The van der Waals surface area contributed by atoms with Crippen molar-refractivity contribution in [2.24, 2.45) is 0 Å². The van der Waals surface area contributed by atoms with Gasteiger partial charge in [-0.25, -0.2) is 4.98 Å². The molecule has 1 aromatic heterocycles. The van der Waals surface area contributed by atoms with Crippen LogP contribution in [0.1, 0.15) is 36.0 Å². The average molecular weight is 335 g/mol. The summed E-state index contributed by atoms with van der Waals surface area (Å²) in [5.41, 5.74) is 2.06. The van der Waals surface area contributed by atoms with Crippen molar-refractivity contribution < 1.29 is 4.79 Å². The Morgan fingerprint density at radius 1 is 1.36 bits per heavy atom. The van der Waals surface area contributed by atoms with Crippen LogP contribution >= 0.6 is 22.9 Å². The minimum Gasteiger partial charge on any atom is -0.352 e. The second kappa shape index (κ2) is 8.11. The Balaban J connectivity index is 1.76. The molecule has 22 heavy (non-hydrogen) atoms. The fraction of sp³-hybridized carbons (Fsp3) is 0.294. The van der Waals surface area contributed by atoms with Crippen molar-refractivity contribution in [3.05, 3.63) is 57.0 Å². The lowest BCUT2D eigenvalue weighted by Gasteiger charge is -2.00. The Labute approximate surface area is 140 Å². The Morgan fingerprint density at radius 2 is 2.09 bits per heavy atom. The predicted molar refractivity (Wildman–Crippen MR) is 93.4 cm³/mol. The third kappa shape index (κ3) is 5.28. The van der Waals surface area contributed by atoms with E-state index in [1.165, 1.54) is 6.08 Å². The first-order valence-electron chi connectivity index (χ1n) is 7.20. The van der Waals surface area contributed by atoms with Gasteiger partial charge in [-0.3, -0.25) is 4.79 Å². The molecular weight excluding hydrogens is 316 g/mol. The Kier molecular flexibility index (Phi) is 6.16. The van der Waals surface area contributed by atoms with Crippen LogP contribution in [0.2, 0.25) is 5.02 Å². The van der Waals surface area contributed by atoms with Gasteiger partial charge in [-0.15, -0.1) is 11.3 Å². The zero-order chi connectivity index (χ0) is 15.9. The number of carbonyl (C=O) groups is 1. The van der Waals surface area contributed by atoms with Crippen LogP contribution in [0, 0.1) is 0 Å². The van der Waals surface area contributed by atoms with Crippen LogP contribution in [0.5, 0.6) is 0 Å². The van der Waals surface area contributed by atoms with Gasteiger partial charge in [0.1, 0.15) is 0 Å². The van der Waals surface area contributed by atoms with Crippen LogP contribution in [0.25, 0.3) is 6.08 Å². The van der Waals surface area contributed by atoms with Gasteiger partial charge in [0.05, 0.1) is 10.7 Å². The van der Waals surface area contributed by atoms with Gasteiger partial charge in [0.15, 0.2) is 0 Å². The fourth-order valence-corrected chi connectivity index (χ4v) is 2.89. The topological polar surface area (TPSA) is 42.0 Å². The Hall–Kier alpha value is -1.65. The van der Waals surface area contributed by atoms with Gasteiger partial charge < -0.3 is 5.32 Å². The number of carbonyl (C=O) groups excluding carboxylic acids is 1. The van der Waals surface area contributed by atoms with Gasteiger partial charge in [0, 0.05) is 29.4 Å². The van der Waals surface area contributed by atoms with Crippen LogP contribution in [0.15, 0.2) is 35.7 Å². The molecule has 0 spiro atoms. The first-order chi connectivity index (χ1) is 10.5. The van der Waals surface area contributed by atoms with Gasteiger partial charge in [-0.05, 0) is 29.7 Å². The standard InChI is InChI=1S/C17H19ClN2OS/c1-12(2)15-11-22-17(20-15)9-10-19-16(21)8-5-13-3-6-14(18)7-4-13/h3-8,11-12H,9-10H2,1-2H3,(H,19,21)/b8-5+. The van der Waals surface area contributed by atoms with Crippen molar-refractivity contribution in [3.8, 4) is 0 Å². The number of aromatic nitrogens is 1. The van der Waals surface area contributed by atoms with Gasteiger partial charge in [0.25, 0.3) is 0 Å². The van der Waals surface area contributed by atoms with Crippen LogP contribution < -0.4 is 5.32 Å². The Bertz CT molecular complexity index is 647. The van der Waals surface area contributed by atoms with Crippen LogP contribution in [0.3, 0.4) is 0 Å². The highest BCUT2D eigenvalue weighted by Crippen LogP contribution is 2.17. The molecule has 2 aromatic rings. The zero-order valence-electron chi connectivity index (χ0n) is 12.7. The average Bonchev–Trinajstić information content (AvgIpc) is 2.96. The molecule has 0 unspecified atom stereocenters. The van der Waals surface area contributed by atoms with E-state index in [4.69, 9.17) is 11.6 Å². The molecule has 1 heterocycles. The highest BCUT2D eigenvalue weighted by atomic mass is 35.5. The minimum absolute atomic E-state index is 0.101. The summed E-state index contributed by atoms with van der Waals surface area (Å²) in [4.78, 5) is 16.3. The molecule has 1 aromatic carbocycles. The van der Waals surface area contributed by atoms with Crippen molar-refractivity contribution >= 4 is 34.9 Å². The number of thiazole rings is 1. The molecule has 0 aliphatic rings. The molecule has 0 fully saturated rings. The van der Waals surface area contributed by atoms with E-state index >= 15 is 0 Å². The highest BCUT2D eigenvalue weighted by molar-refractivity contribution is 7.09. The van der Waals surface area contributed by atoms with Crippen molar-refractivity contribution in [1.29, 1.82) is 0 Å². The van der Waals surface area contributed by atoms with Crippen molar-refractivity contribution in [2.45, 2.75) is 26.2 Å². The van der Waals surface area contributed by atoms with E-state index in [0.717, 1.165) is 22.7 Å². The van der Waals surface area contributed by atoms with E-state index in [1.807, 2.05) is 12.1 Å². The van der Waals surface area contributed by atoms with Crippen molar-refractivity contribution in [2.75, 3.05) is 6.54 Å². The third-order valence-corrected chi connectivity index (χ3v) is 4.28. The van der Waals surface area contributed by atoms with E-state index in [-0.39, 0.29) is 5.91 Å². The molecule has 2 rings (SSSR count). The third-order valence-electron chi connectivity index (χ3n) is 3.10. The summed E-state index contributed by atoms with van der Waals surface area (Å²) in [5, 5.41) is 6.70. The van der Waals surface area contributed by atoms with Crippen LogP contribution in [-0.4, -0.2) is 17.4 Å². The normalized spacial score (nSPS) is 11.3.